The quantitative estimate of drug-likeness (QED) is 0.854. The number of piperazine rings is 1. The van der Waals surface area contributed by atoms with Crippen LogP contribution in [0.1, 0.15) is 22.0 Å². The van der Waals surface area contributed by atoms with Gasteiger partial charge in [0.15, 0.2) is 0 Å². The largest absolute Gasteiger partial charge is 0.338 e. The fraction of sp³-hybridized carbons (Fsp3) is 0.389. The van der Waals surface area contributed by atoms with Gasteiger partial charge < -0.3 is 10.6 Å². The summed E-state index contributed by atoms with van der Waals surface area (Å²) in [4.78, 5) is 18.3. The first-order chi connectivity index (χ1) is 11.1. The molecule has 0 saturated carbocycles. The molecule has 2 heterocycles. The molecule has 4 nitrogen and oxygen atoms in total. The van der Waals surface area contributed by atoms with E-state index in [2.05, 4.69) is 22.4 Å². The number of halogens is 2. The van der Waals surface area contributed by atoms with Gasteiger partial charge in [0, 0.05) is 37.6 Å². The van der Waals surface area contributed by atoms with Gasteiger partial charge in [-0.15, -0.1) is 36.2 Å². The van der Waals surface area contributed by atoms with E-state index in [-0.39, 0.29) is 30.7 Å². The van der Waals surface area contributed by atoms with Gasteiger partial charge in [-0.2, -0.15) is 0 Å². The number of nitrogens with two attached hydrogens (primary N) is 1. The van der Waals surface area contributed by atoms with E-state index in [1.165, 1.54) is 10.4 Å². The molecule has 1 amide bonds. The van der Waals surface area contributed by atoms with Crippen molar-refractivity contribution in [3.8, 4) is 0 Å². The van der Waals surface area contributed by atoms with E-state index >= 15 is 0 Å². The van der Waals surface area contributed by atoms with Crippen LogP contribution in [0.25, 0.3) is 0 Å². The molecule has 0 spiro atoms. The Morgan fingerprint density at radius 3 is 2.32 bits per heavy atom. The minimum absolute atomic E-state index is 0. The maximum absolute atomic E-state index is 12.6. The number of carbonyl (C=O) groups excluding carboxylic acids is 1. The third-order valence-electron chi connectivity index (χ3n) is 4.35. The van der Waals surface area contributed by atoms with Crippen molar-refractivity contribution in [1.82, 2.24) is 9.80 Å². The highest BCUT2D eigenvalue weighted by molar-refractivity contribution is 7.09. The van der Waals surface area contributed by atoms with Crippen molar-refractivity contribution in [3.63, 3.8) is 0 Å². The van der Waals surface area contributed by atoms with Crippen molar-refractivity contribution in [2.75, 3.05) is 26.2 Å². The molecule has 1 aliphatic heterocycles. The zero-order chi connectivity index (χ0) is 16.2. The molecule has 3 rings (SSSR count). The Kier molecular flexibility index (Phi) is 8.89. The summed E-state index contributed by atoms with van der Waals surface area (Å²) in [6.45, 7) is 6.33. The molecule has 2 aromatic rings. The Hall–Kier alpha value is -1.11. The molecule has 1 fully saturated rings. The molecule has 25 heavy (non-hydrogen) atoms. The summed E-state index contributed by atoms with van der Waals surface area (Å²) < 4.78 is 0. The molecule has 1 aromatic carbocycles. The molecule has 1 aromatic heterocycles. The molecule has 2 N–H and O–H groups in total. The van der Waals surface area contributed by atoms with Gasteiger partial charge in [0.05, 0.1) is 0 Å². The van der Waals surface area contributed by atoms with E-state index in [1.807, 2.05) is 36.1 Å². The van der Waals surface area contributed by atoms with E-state index in [1.54, 1.807) is 11.3 Å². The average Bonchev–Trinajstić information content (AvgIpc) is 3.08. The Morgan fingerprint density at radius 1 is 1.12 bits per heavy atom. The van der Waals surface area contributed by atoms with Crippen LogP contribution in [-0.2, 0) is 11.3 Å². The minimum Gasteiger partial charge on any atom is -0.338 e. The lowest BCUT2D eigenvalue weighted by molar-refractivity contribution is -0.134. The minimum atomic E-state index is -0.556. The Morgan fingerprint density at radius 2 is 1.76 bits per heavy atom. The monoisotopic (exact) mass is 401 g/mol. The second-order valence-corrected chi connectivity index (χ2v) is 7.10. The van der Waals surface area contributed by atoms with Crippen LogP contribution in [0.15, 0.2) is 41.8 Å². The zero-order valence-corrected chi connectivity index (χ0v) is 16.7. The normalized spacial score (nSPS) is 15.8. The first kappa shape index (κ1) is 21.9. The fourth-order valence-electron chi connectivity index (χ4n) is 2.86. The Bertz CT molecular complexity index is 641. The second-order valence-electron chi connectivity index (χ2n) is 6.07. The standard InChI is InChI=1S/C18H23N3OS.2ClH/c1-14-4-6-15(7-5-14)17(19)18(22)21-10-8-20(9-11-21)13-16-3-2-12-23-16;;/h2-7,12,17H,8-11,13,19H2,1H3;2*1H. The lowest BCUT2D eigenvalue weighted by Crippen LogP contribution is -2.50. The van der Waals surface area contributed by atoms with Crippen LogP contribution in [0.5, 0.6) is 0 Å². The van der Waals surface area contributed by atoms with Crippen LogP contribution in [-0.4, -0.2) is 41.9 Å². The highest BCUT2D eigenvalue weighted by atomic mass is 35.5. The van der Waals surface area contributed by atoms with E-state index in [0.717, 1.165) is 38.3 Å². The number of nitrogens with zero attached hydrogens (tertiary/aromatic N) is 2. The van der Waals surface area contributed by atoms with Crippen LogP contribution in [0, 0.1) is 6.92 Å². The maximum atomic E-state index is 12.6. The third kappa shape index (κ3) is 5.69. The Balaban J connectivity index is 0.00000156. The lowest BCUT2D eigenvalue weighted by Gasteiger charge is -2.35. The molecular weight excluding hydrogens is 377 g/mol. The lowest BCUT2D eigenvalue weighted by atomic mass is 10.0. The molecule has 0 radical (unpaired) electrons. The third-order valence-corrected chi connectivity index (χ3v) is 5.21. The van der Waals surface area contributed by atoms with Crippen molar-refractivity contribution < 1.29 is 4.79 Å². The van der Waals surface area contributed by atoms with Crippen LogP contribution in [0.3, 0.4) is 0 Å². The predicted molar refractivity (Wildman–Crippen MR) is 109 cm³/mol. The van der Waals surface area contributed by atoms with Gasteiger partial charge in [-0.3, -0.25) is 9.69 Å². The van der Waals surface area contributed by atoms with E-state index in [9.17, 15) is 4.79 Å². The van der Waals surface area contributed by atoms with Crippen molar-refractivity contribution in [1.29, 1.82) is 0 Å². The average molecular weight is 402 g/mol. The Labute approximate surface area is 165 Å². The molecular formula is C18H25Cl2N3OS. The van der Waals surface area contributed by atoms with Gasteiger partial charge in [0.2, 0.25) is 5.91 Å². The highest BCUT2D eigenvalue weighted by Crippen LogP contribution is 2.17. The SMILES string of the molecule is Cc1ccc(C(N)C(=O)N2CCN(Cc3cccs3)CC2)cc1.Cl.Cl. The molecule has 1 saturated heterocycles. The number of benzene rings is 1. The number of amides is 1. The van der Waals surface area contributed by atoms with Gasteiger partial charge in [0.25, 0.3) is 0 Å². The van der Waals surface area contributed by atoms with Crippen LogP contribution in [0.4, 0.5) is 0 Å². The van der Waals surface area contributed by atoms with E-state index in [4.69, 9.17) is 5.73 Å². The maximum Gasteiger partial charge on any atom is 0.244 e. The molecule has 0 bridgehead atoms. The van der Waals surface area contributed by atoms with E-state index < -0.39 is 6.04 Å². The van der Waals surface area contributed by atoms with Crippen molar-refractivity contribution in [3.05, 3.63) is 57.8 Å². The molecule has 138 valence electrons. The van der Waals surface area contributed by atoms with Crippen molar-refractivity contribution in [2.45, 2.75) is 19.5 Å². The van der Waals surface area contributed by atoms with Crippen LogP contribution < -0.4 is 5.73 Å². The topological polar surface area (TPSA) is 49.6 Å². The predicted octanol–water partition coefficient (Wildman–Crippen LogP) is 3.24. The summed E-state index contributed by atoms with van der Waals surface area (Å²) in [5, 5.41) is 2.11. The summed E-state index contributed by atoms with van der Waals surface area (Å²) in [5.74, 6) is 0.0321. The molecule has 0 aliphatic carbocycles. The first-order valence-corrected chi connectivity index (χ1v) is 8.87. The van der Waals surface area contributed by atoms with Gasteiger partial charge in [0.1, 0.15) is 6.04 Å². The number of hydrogen-bond donors (Lipinski definition) is 1. The molecule has 7 heteroatoms. The number of thiophene rings is 1. The van der Waals surface area contributed by atoms with Gasteiger partial charge >= 0.3 is 0 Å². The van der Waals surface area contributed by atoms with Gasteiger partial charge in [-0.05, 0) is 23.9 Å². The fourth-order valence-corrected chi connectivity index (χ4v) is 3.61. The number of rotatable bonds is 4. The summed E-state index contributed by atoms with van der Waals surface area (Å²) in [5.41, 5.74) is 8.23. The highest BCUT2D eigenvalue weighted by Gasteiger charge is 2.26. The van der Waals surface area contributed by atoms with Gasteiger partial charge in [-0.1, -0.05) is 35.9 Å². The molecule has 1 aliphatic rings. The second kappa shape index (κ2) is 10.1. The van der Waals surface area contributed by atoms with Gasteiger partial charge in [-0.25, -0.2) is 0 Å². The molecule has 1 unspecified atom stereocenters. The summed E-state index contributed by atoms with van der Waals surface area (Å²) in [6, 6.07) is 11.6. The zero-order valence-electron chi connectivity index (χ0n) is 14.3. The summed E-state index contributed by atoms with van der Waals surface area (Å²) in [7, 11) is 0. The van der Waals surface area contributed by atoms with Crippen molar-refractivity contribution in [2.24, 2.45) is 5.73 Å². The van der Waals surface area contributed by atoms with Crippen LogP contribution in [0.2, 0.25) is 0 Å². The number of carbonyl (C=O) groups is 1. The smallest absolute Gasteiger partial charge is 0.244 e. The van der Waals surface area contributed by atoms with Crippen molar-refractivity contribution >= 4 is 42.1 Å². The van der Waals surface area contributed by atoms with E-state index in [0.29, 0.717) is 0 Å². The number of aryl methyl sites for hydroxylation is 1. The first-order valence-electron chi connectivity index (χ1n) is 7.99. The summed E-state index contributed by atoms with van der Waals surface area (Å²) >= 11 is 1.78. The summed E-state index contributed by atoms with van der Waals surface area (Å²) in [6.07, 6.45) is 0. The molecule has 1 atom stereocenters. The number of hydrogen-bond acceptors (Lipinski definition) is 4. The van der Waals surface area contributed by atoms with Crippen LogP contribution >= 0.6 is 36.2 Å².